The van der Waals surface area contributed by atoms with Gasteiger partial charge < -0.3 is 0 Å². The van der Waals surface area contributed by atoms with E-state index in [2.05, 4.69) is 0 Å². The van der Waals surface area contributed by atoms with E-state index in [-0.39, 0.29) is 17.2 Å². The molecule has 0 saturated carbocycles. The first-order valence-corrected chi connectivity index (χ1v) is 6.67. The second-order valence-electron chi connectivity index (χ2n) is 2.88. The fourth-order valence-electron chi connectivity index (χ4n) is 1.16. The van der Waals surface area contributed by atoms with Crippen molar-refractivity contribution in [3.8, 4) is 0 Å². The van der Waals surface area contributed by atoms with Crippen LogP contribution in [0.1, 0.15) is 5.56 Å². The number of halogens is 1. The zero-order valence-corrected chi connectivity index (χ0v) is 9.92. The number of hydrogen-bond acceptors (Lipinski definition) is 4. The summed E-state index contributed by atoms with van der Waals surface area (Å²) in [6.07, 6.45) is 0. The highest BCUT2D eigenvalue weighted by Crippen LogP contribution is 2.11. The average Bonchev–Trinajstić information content (AvgIpc) is 2.53. The van der Waals surface area contributed by atoms with Crippen LogP contribution in [0.15, 0.2) is 29.1 Å². The largest absolute Gasteiger partial charge is 0.319 e. The molecule has 15 heavy (non-hydrogen) atoms. The molecule has 1 aromatic heterocycles. The Hall–Kier alpha value is -0.850. The van der Waals surface area contributed by atoms with Gasteiger partial charge in [0.2, 0.25) is 0 Å². The molecule has 0 spiro atoms. The van der Waals surface area contributed by atoms with Gasteiger partial charge in [-0.2, -0.15) is 0 Å². The molecule has 1 aromatic carbocycles. The van der Waals surface area contributed by atoms with Gasteiger partial charge in [0.05, 0.1) is 6.54 Å². The monoisotopic (exact) mass is 259 g/mol. The molecule has 0 radical (unpaired) electrons. The van der Waals surface area contributed by atoms with Gasteiger partial charge in [-0.15, -0.1) is 0 Å². The Kier molecular flexibility index (Phi) is 3.08. The van der Waals surface area contributed by atoms with Crippen molar-refractivity contribution < 1.29 is 4.39 Å². The summed E-state index contributed by atoms with van der Waals surface area (Å²) in [5.74, 6) is -0.310. The van der Waals surface area contributed by atoms with Gasteiger partial charge in [0, 0.05) is 5.56 Å². The molecule has 0 aliphatic carbocycles. The number of nitrogens with zero attached hydrogens (tertiary/aromatic N) is 1. The van der Waals surface area contributed by atoms with Crippen LogP contribution in [0.4, 0.5) is 4.39 Å². The normalized spacial score (nSPS) is 10.5. The molecule has 6 heteroatoms. The first-order valence-electron chi connectivity index (χ1n) is 4.12. The van der Waals surface area contributed by atoms with Gasteiger partial charge in [-0.1, -0.05) is 18.2 Å². The van der Waals surface area contributed by atoms with E-state index in [0.29, 0.717) is 9.52 Å². The summed E-state index contributed by atoms with van der Waals surface area (Å²) >= 11 is 4.98. The average molecular weight is 259 g/mol. The van der Waals surface area contributed by atoms with Crippen molar-refractivity contribution in [3.63, 3.8) is 0 Å². The van der Waals surface area contributed by atoms with E-state index in [9.17, 15) is 9.18 Å². The summed E-state index contributed by atoms with van der Waals surface area (Å²) in [6.45, 7) is 0.213. The Labute approximate surface area is 97.6 Å². The lowest BCUT2D eigenvalue weighted by molar-refractivity contribution is 0.598. The van der Waals surface area contributed by atoms with Crippen molar-refractivity contribution in [3.05, 3.63) is 49.3 Å². The van der Waals surface area contributed by atoms with E-state index in [0.717, 1.165) is 10.3 Å². The van der Waals surface area contributed by atoms with Crippen LogP contribution in [0.2, 0.25) is 0 Å². The molecule has 2 rings (SSSR count). The first-order chi connectivity index (χ1) is 7.18. The maximum Gasteiger partial charge on any atom is 0.319 e. The van der Waals surface area contributed by atoms with Crippen molar-refractivity contribution in [2.45, 2.75) is 6.54 Å². The third kappa shape index (κ3) is 2.22. The van der Waals surface area contributed by atoms with Gasteiger partial charge in [-0.05, 0) is 39.0 Å². The van der Waals surface area contributed by atoms with Crippen LogP contribution in [0, 0.1) is 9.77 Å². The van der Waals surface area contributed by atoms with E-state index < -0.39 is 0 Å². The SMILES string of the molecule is O=c1ssc(=S)n1Cc1ccccc1F. The minimum absolute atomic E-state index is 0.131. The summed E-state index contributed by atoms with van der Waals surface area (Å²) in [4.78, 5) is 11.2. The van der Waals surface area contributed by atoms with Gasteiger partial charge in [0.15, 0.2) is 3.95 Å². The molecule has 0 fully saturated rings. The number of aromatic nitrogens is 1. The molecule has 0 saturated heterocycles. The van der Waals surface area contributed by atoms with Crippen molar-refractivity contribution in [2.24, 2.45) is 0 Å². The second kappa shape index (κ2) is 4.34. The number of hydrogen-bond donors (Lipinski definition) is 0. The van der Waals surface area contributed by atoms with E-state index in [1.54, 1.807) is 18.2 Å². The summed E-state index contributed by atoms with van der Waals surface area (Å²) in [5.41, 5.74) is 0.483. The molecule has 0 bridgehead atoms. The van der Waals surface area contributed by atoms with Crippen molar-refractivity contribution in [1.29, 1.82) is 0 Å². The van der Waals surface area contributed by atoms with E-state index >= 15 is 0 Å². The highest BCUT2D eigenvalue weighted by Gasteiger charge is 2.05. The van der Waals surface area contributed by atoms with Gasteiger partial charge in [0.25, 0.3) is 0 Å². The Balaban J connectivity index is 2.42. The molecular formula is C9H6FNOS3. The highest BCUT2D eigenvalue weighted by atomic mass is 32.9. The van der Waals surface area contributed by atoms with Crippen LogP contribution in [0.5, 0.6) is 0 Å². The van der Waals surface area contributed by atoms with Gasteiger partial charge >= 0.3 is 4.87 Å². The van der Waals surface area contributed by atoms with Gasteiger partial charge in [-0.25, -0.2) is 4.39 Å². The maximum absolute atomic E-state index is 13.3. The van der Waals surface area contributed by atoms with Crippen LogP contribution in [0.25, 0.3) is 0 Å². The van der Waals surface area contributed by atoms with Crippen molar-refractivity contribution in [1.82, 2.24) is 4.57 Å². The smallest absolute Gasteiger partial charge is 0.276 e. The standard InChI is InChI=1S/C9H6FNOS3/c10-7-4-2-1-3-6(7)5-11-8(12)14-15-9(11)13/h1-4H,5H2. The predicted molar refractivity (Wildman–Crippen MR) is 62.8 cm³/mol. The second-order valence-corrected chi connectivity index (χ2v) is 5.59. The first kappa shape index (κ1) is 10.7. The van der Waals surface area contributed by atoms with Crippen LogP contribution in [-0.2, 0) is 6.54 Å². The fourth-order valence-corrected chi connectivity index (χ4v) is 3.32. The minimum atomic E-state index is -0.310. The lowest BCUT2D eigenvalue weighted by Crippen LogP contribution is -2.14. The quantitative estimate of drug-likeness (QED) is 0.611. The molecule has 0 amide bonds. The molecule has 78 valence electrons. The van der Waals surface area contributed by atoms with Crippen LogP contribution in [0.3, 0.4) is 0 Å². The molecule has 0 atom stereocenters. The molecule has 0 aliphatic rings. The van der Waals surface area contributed by atoms with Crippen LogP contribution in [-0.4, -0.2) is 4.57 Å². The lowest BCUT2D eigenvalue weighted by atomic mass is 10.2. The van der Waals surface area contributed by atoms with Crippen molar-refractivity contribution in [2.75, 3.05) is 0 Å². The Bertz CT molecular complexity index is 556. The molecular weight excluding hydrogens is 253 g/mol. The molecule has 0 N–H and O–H groups in total. The summed E-state index contributed by atoms with van der Waals surface area (Å²) < 4.78 is 15.2. The summed E-state index contributed by atoms with van der Waals surface area (Å²) in [7, 11) is 2.32. The third-order valence-electron chi connectivity index (χ3n) is 1.91. The van der Waals surface area contributed by atoms with Crippen LogP contribution < -0.4 is 4.87 Å². The minimum Gasteiger partial charge on any atom is -0.276 e. The van der Waals surface area contributed by atoms with E-state index in [1.165, 1.54) is 21.0 Å². The predicted octanol–water partition coefficient (Wildman–Crippen LogP) is 2.89. The molecule has 2 nitrogen and oxygen atoms in total. The number of benzene rings is 1. The lowest BCUT2D eigenvalue weighted by Gasteiger charge is -2.02. The Morgan fingerprint density at radius 3 is 2.67 bits per heavy atom. The molecule has 0 unspecified atom stereocenters. The van der Waals surface area contributed by atoms with Crippen molar-refractivity contribution >= 4 is 32.9 Å². The topological polar surface area (TPSA) is 22.0 Å². The summed E-state index contributed by atoms with van der Waals surface area (Å²) in [6, 6.07) is 6.38. The highest BCUT2D eigenvalue weighted by molar-refractivity contribution is 7.79. The van der Waals surface area contributed by atoms with Gasteiger partial charge in [-0.3, -0.25) is 9.36 Å². The molecule has 2 aromatic rings. The Morgan fingerprint density at radius 2 is 2.07 bits per heavy atom. The third-order valence-corrected chi connectivity index (χ3v) is 4.66. The van der Waals surface area contributed by atoms with E-state index in [1.807, 2.05) is 0 Å². The fraction of sp³-hybridized carbons (Fsp3) is 0.111. The molecule has 0 aliphatic heterocycles. The summed E-state index contributed by atoms with van der Waals surface area (Å²) in [5, 5.41) is 0. The number of rotatable bonds is 2. The van der Waals surface area contributed by atoms with Gasteiger partial charge in [0.1, 0.15) is 5.82 Å². The Morgan fingerprint density at radius 1 is 1.33 bits per heavy atom. The zero-order valence-electron chi connectivity index (χ0n) is 7.47. The maximum atomic E-state index is 13.3. The van der Waals surface area contributed by atoms with Crippen LogP contribution >= 0.6 is 32.9 Å². The zero-order chi connectivity index (χ0) is 10.8. The molecule has 1 heterocycles. The van der Waals surface area contributed by atoms with E-state index in [4.69, 9.17) is 12.2 Å².